The fraction of sp³-hybridized carbons (Fsp3) is 0.667. The van der Waals surface area contributed by atoms with Crippen molar-refractivity contribution in [1.29, 1.82) is 0 Å². The molecule has 2 atom stereocenters. The van der Waals surface area contributed by atoms with Gasteiger partial charge in [-0.1, -0.05) is 19.1 Å². The molecule has 2 nitrogen and oxygen atoms in total. The third-order valence-corrected chi connectivity index (χ3v) is 2.11. The summed E-state index contributed by atoms with van der Waals surface area (Å²) < 4.78 is 4.63. The number of methoxy groups -OCH3 is 1. The zero-order chi connectivity index (χ0) is 8.27. The topological polar surface area (TPSA) is 26.3 Å². The van der Waals surface area contributed by atoms with E-state index in [4.69, 9.17) is 0 Å². The van der Waals surface area contributed by atoms with Gasteiger partial charge >= 0.3 is 5.97 Å². The van der Waals surface area contributed by atoms with Crippen molar-refractivity contribution in [2.75, 3.05) is 7.11 Å². The molecule has 0 heterocycles. The van der Waals surface area contributed by atoms with E-state index in [2.05, 4.69) is 17.7 Å². The lowest BCUT2D eigenvalue weighted by molar-refractivity contribution is -0.144. The van der Waals surface area contributed by atoms with E-state index in [1.54, 1.807) is 0 Å². The molecule has 62 valence electrons. The molecule has 2 heteroatoms. The van der Waals surface area contributed by atoms with E-state index in [1.165, 1.54) is 7.11 Å². The lowest BCUT2D eigenvalue weighted by Gasteiger charge is -2.17. The van der Waals surface area contributed by atoms with Crippen molar-refractivity contribution in [2.45, 2.75) is 19.8 Å². The lowest BCUT2D eigenvalue weighted by Crippen LogP contribution is -2.17. The van der Waals surface area contributed by atoms with Gasteiger partial charge < -0.3 is 4.74 Å². The van der Waals surface area contributed by atoms with E-state index in [0.717, 1.165) is 12.8 Å². The molecule has 1 rings (SSSR count). The molecule has 0 spiro atoms. The van der Waals surface area contributed by atoms with Crippen molar-refractivity contribution in [3.63, 3.8) is 0 Å². The molecule has 0 unspecified atom stereocenters. The molecule has 0 N–H and O–H groups in total. The highest BCUT2D eigenvalue weighted by Gasteiger charge is 2.19. The number of carbonyl (C=O) groups is 1. The van der Waals surface area contributed by atoms with Crippen LogP contribution in [0.5, 0.6) is 0 Å². The molecule has 0 aromatic carbocycles. The molecule has 0 saturated heterocycles. The summed E-state index contributed by atoms with van der Waals surface area (Å²) in [5, 5.41) is 0. The number of allylic oxidation sites excluding steroid dienone is 1. The van der Waals surface area contributed by atoms with Gasteiger partial charge in [0, 0.05) is 0 Å². The molecule has 0 aromatic heterocycles. The smallest absolute Gasteiger partial charge is 0.312 e. The van der Waals surface area contributed by atoms with Gasteiger partial charge in [-0.15, -0.1) is 0 Å². The molecular formula is C9H14O2. The fourth-order valence-corrected chi connectivity index (χ4v) is 1.31. The Labute approximate surface area is 67.2 Å². The van der Waals surface area contributed by atoms with E-state index >= 15 is 0 Å². The fourth-order valence-electron chi connectivity index (χ4n) is 1.31. The van der Waals surface area contributed by atoms with Crippen LogP contribution in [0, 0.1) is 11.8 Å². The second-order valence-electron chi connectivity index (χ2n) is 3.07. The normalized spacial score (nSPS) is 30.0. The van der Waals surface area contributed by atoms with Crippen LogP contribution in [0.4, 0.5) is 0 Å². The molecule has 0 bridgehead atoms. The maximum Gasteiger partial charge on any atom is 0.312 e. The zero-order valence-corrected chi connectivity index (χ0v) is 7.04. The van der Waals surface area contributed by atoms with E-state index in [1.807, 2.05) is 6.08 Å². The molecule has 0 aliphatic heterocycles. The van der Waals surface area contributed by atoms with Gasteiger partial charge in [0.2, 0.25) is 0 Å². The second-order valence-corrected chi connectivity index (χ2v) is 3.07. The number of hydrogen-bond donors (Lipinski definition) is 0. The highest BCUT2D eigenvalue weighted by atomic mass is 16.5. The first-order chi connectivity index (χ1) is 5.24. The van der Waals surface area contributed by atoms with Crippen LogP contribution < -0.4 is 0 Å². The highest BCUT2D eigenvalue weighted by molar-refractivity contribution is 5.74. The Bertz CT molecular complexity index is 172. The van der Waals surface area contributed by atoms with Crippen molar-refractivity contribution in [3.05, 3.63) is 12.2 Å². The maximum atomic E-state index is 11.0. The highest BCUT2D eigenvalue weighted by Crippen LogP contribution is 2.22. The molecular weight excluding hydrogens is 140 g/mol. The van der Waals surface area contributed by atoms with Crippen molar-refractivity contribution >= 4 is 5.97 Å². The standard InChI is InChI=1S/C9H14O2/c1-7-3-5-8(6-4-7)9(10)11-2/h3,5,7-8H,4,6H2,1-2H3/t7-,8+/m0/s1. The quantitative estimate of drug-likeness (QED) is 0.425. The Morgan fingerprint density at radius 3 is 2.64 bits per heavy atom. The van der Waals surface area contributed by atoms with E-state index in [9.17, 15) is 4.79 Å². The summed E-state index contributed by atoms with van der Waals surface area (Å²) in [7, 11) is 1.44. The molecule has 11 heavy (non-hydrogen) atoms. The van der Waals surface area contributed by atoms with Gasteiger partial charge in [-0.2, -0.15) is 0 Å². The van der Waals surface area contributed by atoms with Crippen molar-refractivity contribution in [3.8, 4) is 0 Å². The van der Waals surface area contributed by atoms with Crippen LogP contribution in [0.3, 0.4) is 0 Å². The predicted octanol–water partition coefficient (Wildman–Crippen LogP) is 1.76. The molecule has 0 fully saturated rings. The Morgan fingerprint density at radius 2 is 2.18 bits per heavy atom. The van der Waals surface area contributed by atoms with Gasteiger partial charge in [0.1, 0.15) is 0 Å². The van der Waals surface area contributed by atoms with Crippen LogP contribution in [0.15, 0.2) is 12.2 Å². The third kappa shape index (κ3) is 2.07. The molecule has 0 radical (unpaired) electrons. The summed E-state index contributed by atoms with van der Waals surface area (Å²) in [6, 6.07) is 0. The van der Waals surface area contributed by atoms with Gasteiger partial charge in [0.15, 0.2) is 0 Å². The largest absolute Gasteiger partial charge is 0.469 e. The number of esters is 1. The average Bonchev–Trinajstić information content (AvgIpc) is 2.05. The molecule has 0 aromatic rings. The average molecular weight is 154 g/mol. The monoisotopic (exact) mass is 154 g/mol. The lowest BCUT2D eigenvalue weighted by atomic mass is 9.90. The second kappa shape index (κ2) is 3.56. The minimum Gasteiger partial charge on any atom is -0.469 e. The first kappa shape index (κ1) is 8.31. The SMILES string of the molecule is COC(=O)[C@@H]1C=C[C@H](C)CC1. The minimum absolute atomic E-state index is 0.0104. The summed E-state index contributed by atoms with van der Waals surface area (Å²) in [6.07, 6.45) is 6.08. The Hall–Kier alpha value is -0.790. The van der Waals surface area contributed by atoms with Gasteiger partial charge in [0.05, 0.1) is 13.0 Å². The van der Waals surface area contributed by atoms with Gasteiger partial charge in [0.25, 0.3) is 0 Å². The van der Waals surface area contributed by atoms with Gasteiger partial charge in [-0.25, -0.2) is 0 Å². The van der Waals surface area contributed by atoms with E-state index < -0.39 is 0 Å². The molecule has 0 saturated carbocycles. The van der Waals surface area contributed by atoms with E-state index in [0.29, 0.717) is 5.92 Å². The molecule has 1 aliphatic rings. The maximum absolute atomic E-state index is 11.0. The van der Waals surface area contributed by atoms with Crippen LogP contribution >= 0.6 is 0 Å². The minimum atomic E-state index is -0.104. The van der Waals surface area contributed by atoms with Crippen molar-refractivity contribution in [2.24, 2.45) is 11.8 Å². The Morgan fingerprint density at radius 1 is 1.45 bits per heavy atom. The van der Waals surface area contributed by atoms with Crippen molar-refractivity contribution in [1.82, 2.24) is 0 Å². The summed E-state index contributed by atoms with van der Waals surface area (Å²) in [5.41, 5.74) is 0. The first-order valence-corrected chi connectivity index (χ1v) is 4.00. The van der Waals surface area contributed by atoms with Gasteiger partial charge in [-0.3, -0.25) is 4.79 Å². The Kier molecular flexibility index (Phi) is 2.69. The molecule has 1 aliphatic carbocycles. The number of carbonyl (C=O) groups excluding carboxylic acids is 1. The number of hydrogen-bond acceptors (Lipinski definition) is 2. The number of rotatable bonds is 1. The summed E-state index contributed by atoms with van der Waals surface area (Å²) in [5.74, 6) is 0.528. The van der Waals surface area contributed by atoms with Crippen LogP contribution in [-0.2, 0) is 9.53 Å². The van der Waals surface area contributed by atoms with Crippen LogP contribution in [0.1, 0.15) is 19.8 Å². The van der Waals surface area contributed by atoms with Gasteiger partial charge in [-0.05, 0) is 18.8 Å². The predicted molar refractivity (Wildman–Crippen MR) is 43.0 cm³/mol. The van der Waals surface area contributed by atoms with E-state index in [-0.39, 0.29) is 11.9 Å². The van der Waals surface area contributed by atoms with Crippen LogP contribution in [0.25, 0.3) is 0 Å². The summed E-state index contributed by atoms with van der Waals surface area (Å²) in [4.78, 5) is 11.0. The van der Waals surface area contributed by atoms with Crippen molar-refractivity contribution < 1.29 is 9.53 Å². The summed E-state index contributed by atoms with van der Waals surface area (Å²) >= 11 is 0. The first-order valence-electron chi connectivity index (χ1n) is 4.00. The Balaban J connectivity index is 2.50. The van der Waals surface area contributed by atoms with Crippen LogP contribution in [-0.4, -0.2) is 13.1 Å². The summed E-state index contributed by atoms with van der Waals surface area (Å²) in [6.45, 7) is 2.16. The zero-order valence-electron chi connectivity index (χ0n) is 7.04. The van der Waals surface area contributed by atoms with Crippen LogP contribution in [0.2, 0.25) is 0 Å². The third-order valence-electron chi connectivity index (χ3n) is 2.11. The number of ether oxygens (including phenoxy) is 1. The molecule has 0 amide bonds.